The molecule has 6 nitrogen and oxygen atoms in total. The largest absolute Gasteiger partial charge is 0.481 e. The lowest BCUT2D eigenvalue weighted by molar-refractivity contribution is -0.147. The van der Waals surface area contributed by atoms with Crippen LogP contribution in [-0.2, 0) is 11.3 Å². The molecule has 2 aliphatic rings. The standard InChI is InChI=1S/C17H18N2O4S/c1-17(16(20)21)4-5-19(9-17)7-12-8-24-15(18-12)11-2-3-13-14(6-11)23-10-22-13/h2-3,6,8H,4-5,7,9-10H2,1H3,(H,20,21). The van der Waals surface area contributed by atoms with Crippen molar-refractivity contribution in [2.45, 2.75) is 19.9 Å². The first-order chi connectivity index (χ1) is 11.5. The molecule has 0 spiro atoms. The molecule has 7 heteroatoms. The number of carboxylic acid groups (broad SMARTS) is 1. The molecule has 126 valence electrons. The fraction of sp³-hybridized carbons (Fsp3) is 0.412. The molecular weight excluding hydrogens is 328 g/mol. The van der Waals surface area contributed by atoms with Crippen molar-refractivity contribution in [3.05, 3.63) is 29.3 Å². The maximum absolute atomic E-state index is 11.3. The number of hydrogen-bond acceptors (Lipinski definition) is 6. The fourth-order valence-electron chi connectivity index (χ4n) is 3.14. The van der Waals surface area contributed by atoms with Gasteiger partial charge in [-0.2, -0.15) is 0 Å². The molecule has 1 N–H and O–H groups in total. The normalized spacial score (nSPS) is 22.9. The predicted octanol–water partition coefficient (Wildman–Crippen LogP) is 2.84. The third-order valence-corrected chi connectivity index (χ3v) is 5.57. The number of likely N-dealkylation sites (tertiary alicyclic amines) is 1. The third-order valence-electron chi connectivity index (χ3n) is 4.63. The lowest BCUT2D eigenvalue weighted by Gasteiger charge is -2.19. The fourth-order valence-corrected chi connectivity index (χ4v) is 3.94. The first-order valence-electron chi connectivity index (χ1n) is 7.84. The molecule has 0 saturated carbocycles. The van der Waals surface area contributed by atoms with Gasteiger partial charge in [-0.25, -0.2) is 4.98 Å². The lowest BCUT2D eigenvalue weighted by Crippen LogP contribution is -2.31. The van der Waals surface area contributed by atoms with Gasteiger partial charge in [-0.3, -0.25) is 9.69 Å². The Kier molecular flexibility index (Phi) is 3.69. The number of ether oxygens (including phenoxy) is 2. The van der Waals surface area contributed by atoms with E-state index in [1.807, 2.05) is 30.5 Å². The molecule has 0 radical (unpaired) electrons. The molecule has 4 rings (SSSR count). The number of carboxylic acids is 1. The monoisotopic (exact) mass is 346 g/mol. The Morgan fingerprint density at radius 3 is 3.04 bits per heavy atom. The predicted molar refractivity (Wildman–Crippen MR) is 89.3 cm³/mol. The van der Waals surface area contributed by atoms with E-state index in [2.05, 4.69) is 4.90 Å². The molecule has 0 bridgehead atoms. The zero-order chi connectivity index (χ0) is 16.7. The summed E-state index contributed by atoms with van der Waals surface area (Å²) in [7, 11) is 0. The highest BCUT2D eigenvalue weighted by Crippen LogP contribution is 2.37. The van der Waals surface area contributed by atoms with E-state index < -0.39 is 11.4 Å². The summed E-state index contributed by atoms with van der Waals surface area (Å²) < 4.78 is 10.7. The van der Waals surface area contributed by atoms with Gasteiger partial charge in [0.2, 0.25) is 6.79 Å². The van der Waals surface area contributed by atoms with Crippen LogP contribution in [0.15, 0.2) is 23.6 Å². The summed E-state index contributed by atoms with van der Waals surface area (Å²) in [6, 6.07) is 5.83. The molecular formula is C17H18N2O4S. The first kappa shape index (κ1) is 15.4. The van der Waals surface area contributed by atoms with Crippen LogP contribution < -0.4 is 9.47 Å². The molecule has 1 aromatic carbocycles. The Hall–Kier alpha value is -2.12. The quantitative estimate of drug-likeness (QED) is 0.918. The number of benzene rings is 1. The van der Waals surface area contributed by atoms with Crippen LogP contribution in [0.2, 0.25) is 0 Å². The van der Waals surface area contributed by atoms with Gasteiger partial charge in [0.05, 0.1) is 11.1 Å². The van der Waals surface area contributed by atoms with Gasteiger partial charge in [0.1, 0.15) is 5.01 Å². The van der Waals surface area contributed by atoms with E-state index in [-0.39, 0.29) is 6.79 Å². The SMILES string of the molecule is CC1(C(=O)O)CCN(Cc2csc(-c3ccc4c(c3)OCO4)n2)C1. The number of rotatable bonds is 4. The van der Waals surface area contributed by atoms with Gasteiger partial charge in [0.25, 0.3) is 0 Å². The molecule has 1 saturated heterocycles. The van der Waals surface area contributed by atoms with E-state index >= 15 is 0 Å². The van der Waals surface area contributed by atoms with Crippen LogP contribution >= 0.6 is 11.3 Å². The number of hydrogen-bond donors (Lipinski definition) is 1. The van der Waals surface area contributed by atoms with Gasteiger partial charge in [-0.15, -0.1) is 11.3 Å². The molecule has 1 aromatic heterocycles. The molecule has 0 amide bonds. The summed E-state index contributed by atoms with van der Waals surface area (Å²) in [4.78, 5) is 18.2. The Labute approximate surface area is 143 Å². The topological polar surface area (TPSA) is 71.9 Å². The Bertz CT molecular complexity index is 791. The minimum atomic E-state index is -0.718. The number of carbonyl (C=O) groups is 1. The summed E-state index contributed by atoms with van der Waals surface area (Å²) in [5.74, 6) is 0.797. The Morgan fingerprint density at radius 2 is 2.25 bits per heavy atom. The molecule has 1 atom stereocenters. The highest BCUT2D eigenvalue weighted by atomic mass is 32.1. The summed E-state index contributed by atoms with van der Waals surface area (Å²) in [5, 5.41) is 12.3. The second kappa shape index (κ2) is 5.75. The molecule has 2 aliphatic heterocycles. The molecule has 0 aliphatic carbocycles. The van der Waals surface area contributed by atoms with Crippen LogP contribution in [0.5, 0.6) is 11.5 Å². The smallest absolute Gasteiger partial charge is 0.310 e. The molecule has 24 heavy (non-hydrogen) atoms. The summed E-state index contributed by atoms with van der Waals surface area (Å²) >= 11 is 1.59. The summed E-state index contributed by atoms with van der Waals surface area (Å²) in [5.41, 5.74) is 1.34. The number of nitrogens with zero attached hydrogens (tertiary/aromatic N) is 2. The van der Waals surface area contributed by atoms with Crippen molar-refractivity contribution < 1.29 is 19.4 Å². The Balaban J connectivity index is 1.47. The van der Waals surface area contributed by atoms with Gasteiger partial charge in [0.15, 0.2) is 11.5 Å². The van der Waals surface area contributed by atoms with Gasteiger partial charge < -0.3 is 14.6 Å². The van der Waals surface area contributed by atoms with Crippen LogP contribution in [0.25, 0.3) is 10.6 Å². The van der Waals surface area contributed by atoms with Crippen molar-refractivity contribution in [1.29, 1.82) is 0 Å². The van der Waals surface area contributed by atoms with Crippen LogP contribution in [0.4, 0.5) is 0 Å². The maximum atomic E-state index is 11.3. The summed E-state index contributed by atoms with van der Waals surface area (Å²) in [6.45, 7) is 4.12. The van der Waals surface area contributed by atoms with Crippen molar-refractivity contribution in [3.63, 3.8) is 0 Å². The minimum Gasteiger partial charge on any atom is -0.481 e. The van der Waals surface area contributed by atoms with E-state index in [4.69, 9.17) is 14.5 Å². The average molecular weight is 346 g/mol. The molecule has 3 heterocycles. The number of aromatic nitrogens is 1. The summed E-state index contributed by atoms with van der Waals surface area (Å²) in [6.07, 6.45) is 0.682. The van der Waals surface area contributed by atoms with E-state index in [0.717, 1.165) is 34.3 Å². The van der Waals surface area contributed by atoms with Crippen LogP contribution in [-0.4, -0.2) is 40.8 Å². The van der Waals surface area contributed by atoms with Crippen LogP contribution in [0.3, 0.4) is 0 Å². The minimum absolute atomic E-state index is 0.263. The number of aliphatic carboxylic acids is 1. The van der Waals surface area contributed by atoms with Crippen molar-refractivity contribution in [2.24, 2.45) is 5.41 Å². The van der Waals surface area contributed by atoms with Crippen LogP contribution in [0.1, 0.15) is 19.0 Å². The second-order valence-corrected chi connectivity index (χ2v) is 7.40. The van der Waals surface area contributed by atoms with Crippen molar-refractivity contribution in [1.82, 2.24) is 9.88 Å². The third kappa shape index (κ3) is 2.74. The van der Waals surface area contributed by atoms with Crippen molar-refractivity contribution in [3.8, 4) is 22.1 Å². The van der Waals surface area contributed by atoms with Gasteiger partial charge >= 0.3 is 5.97 Å². The zero-order valence-corrected chi connectivity index (χ0v) is 14.1. The van der Waals surface area contributed by atoms with Crippen molar-refractivity contribution in [2.75, 3.05) is 19.9 Å². The van der Waals surface area contributed by atoms with E-state index in [9.17, 15) is 9.90 Å². The zero-order valence-electron chi connectivity index (χ0n) is 13.3. The average Bonchev–Trinajstić information content (AvgIpc) is 3.27. The molecule has 1 unspecified atom stereocenters. The van der Waals surface area contributed by atoms with E-state index in [1.165, 1.54) is 0 Å². The number of fused-ring (bicyclic) bond motifs is 1. The maximum Gasteiger partial charge on any atom is 0.310 e. The first-order valence-corrected chi connectivity index (χ1v) is 8.72. The van der Waals surface area contributed by atoms with Gasteiger partial charge in [-0.05, 0) is 38.1 Å². The van der Waals surface area contributed by atoms with E-state index in [0.29, 0.717) is 19.5 Å². The van der Waals surface area contributed by atoms with Crippen LogP contribution in [0, 0.1) is 5.41 Å². The highest BCUT2D eigenvalue weighted by Gasteiger charge is 2.40. The molecule has 2 aromatic rings. The van der Waals surface area contributed by atoms with Crippen molar-refractivity contribution >= 4 is 17.3 Å². The van der Waals surface area contributed by atoms with Gasteiger partial charge in [0, 0.05) is 24.0 Å². The molecule has 1 fully saturated rings. The second-order valence-electron chi connectivity index (χ2n) is 6.54. The highest BCUT2D eigenvalue weighted by molar-refractivity contribution is 7.13. The number of thiazole rings is 1. The van der Waals surface area contributed by atoms with E-state index in [1.54, 1.807) is 11.3 Å². The van der Waals surface area contributed by atoms with Gasteiger partial charge in [-0.1, -0.05) is 0 Å². The Morgan fingerprint density at radius 1 is 1.42 bits per heavy atom. The lowest BCUT2D eigenvalue weighted by atomic mass is 9.90.